The molecule has 1 rings (SSSR count). The van der Waals surface area contributed by atoms with Crippen molar-refractivity contribution in [3.05, 3.63) is 34.9 Å². The molecule has 3 N–H and O–H groups in total. The number of nitrogens with two attached hydrogens (primary N) is 1. The van der Waals surface area contributed by atoms with Crippen molar-refractivity contribution in [2.75, 3.05) is 6.61 Å². The zero-order valence-corrected chi connectivity index (χ0v) is 9.38. The second kappa shape index (κ2) is 4.78. The summed E-state index contributed by atoms with van der Waals surface area (Å²) in [5, 5.41) is 12.0. The lowest BCUT2D eigenvalue weighted by Gasteiger charge is -2.20. The van der Waals surface area contributed by atoms with Crippen LogP contribution in [-0.4, -0.2) is 17.3 Å². The predicted octanol–water partition coefficient (Wildman–Crippen LogP) is 1.17. The van der Waals surface area contributed by atoms with E-state index in [1.54, 1.807) is 0 Å². The zero-order valence-electron chi connectivity index (χ0n) is 8.63. The summed E-state index contributed by atoms with van der Waals surface area (Å²) in [5.41, 5.74) is 0.967. The zero-order chi connectivity index (χ0) is 10.6. The van der Waals surface area contributed by atoms with Crippen molar-refractivity contribution in [3.8, 4) is 0 Å². The van der Waals surface area contributed by atoms with Crippen LogP contribution in [0.25, 0.3) is 0 Å². The monoisotopic (exact) mass is 214 g/mol. The van der Waals surface area contributed by atoms with Gasteiger partial charge < -0.3 is 10.4 Å². The Hall–Kier alpha value is -0.570. The van der Waals surface area contributed by atoms with Crippen molar-refractivity contribution in [2.24, 2.45) is 0 Å². The van der Waals surface area contributed by atoms with Crippen LogP contribution in [0, 0.1) is 0 Å². The molecule has 0 amide bonds. The lowest BCUT2D eigenvalue weighted by molar-refractivity contribution is -0.736. The molecule has 0 bridgehead atoms. The number of benzene rings is 1. The Bertz CT molecular complexity index is 299. The second-order valence-corrected chi connectivity index (χ2v) is 4.55. The average Bonchev–Trinajstić information content (AvgIpc) is 2.17. The largest absolute Gasteiger partial charge is 0.390 e. The number of quaternary nitrogens is 1. The standard InChI is InChI=1S/C11H16ClNO/c1-11(2,8-14)13-7-9-5-3-4-6-10(9)12/h3-6,13-14H,7-8H2,1-2H3/p+1. The van der Waals surface area contributed by atoms with E-state index in [-0.39, 0.29) is 12.1 Å². The summed E-state index contributed by atoms with van der Waals surface area (Å²) in [6.45, 7) is 4.97. The van der Waals surface area contributed by atoms with Crippen LogP contribution in [0.15, 0.2) is 24.3 Å². The molecule has 2 nitrogen and oxygen atoms in total. The Labute approximate surface area is 89.9 Å². The van der Waals surface area contributed by atoms with Gasteiger partial charge in [-0.25, -0.2) is 0 Å². The van der Waals surface area contributed by atoms with Gasteiger partial charge in [0.05, 0.1) is 6.61 Å². The van der Waals surface area contributed by atoms with Gasteiger partial charge in [-0.05, 0) is 19.9 Å². The van der Waals surface area contributed by atoms with Crippen LogP contribution in [0.5, 0.6) is 0 Å². The molecule has 14 heavy (non-hydrogen) atoms. The highest BCUT2D eigenvalue weighted by Gasteiger charge is 2.19. The molecule has 0 spiro atoms. The SMILES string of the molecule is CC(C)(CO)[NH2+]Cc1ccccc1Cl. The molecule has 1 aromatic rings. The number of hydrogen-bond acceptors (Lipinski definition) is 1. The highest BCUT2D eigenvalue weighted by Crippen LogP contribution is 2.13. The van der Waals surface area contributed by atoms with Gasteiger partial charge in [0.2, 0.25) is 0 Å². The van der Waals surface area contributed by atoms with E-state index in [1.165, 1.54) is 0 Å². The van der Waals surface area contributed by atoms with E-state index in [1.807, 2.05) is 38.1 Å². The summed E-state index contributed by atoms with van der Waals surface area (Å²) >= 11 is 6.01. The molecule has 0 aliphatic heterocycles. The van der Waals surface area contributed by atoms with Gasteiger partial charge in [0, 0.05) is 10.6 Å². The first-order valence-electron chi connectivity index (χ1n) is 4.74. The lowest BCUT2D eigenvalue weighted by Crippen LogP contribution is -2.95. The van der Waals surface area contributed by atoms with Crippen LogP contribution in [0.3, 0.4) is 0 Å². The highest BCUT2D eigenvalue weighted by atomic mass is 35.5. The van der Waals surface area contributed by atoms with Crippen molar-refractivity contribution >= 4 is 11.6 Å². The van der Waals surface area contributed by atoms with Crippen molar-refractivity contribution in [1.29, 1.82) is 0 Å². The number of aliphatic hydroxyl groups excluding tert-OH is 1. The van der Waals surface area contributed by atoms with Gasteiger partial charge in [0.15, 0.2) is 0 Å². The molecule has 0 unspecified atom stereocenters. The number of hydrogen-bond donors (Lipinski definition) is 2. The summed E-state index contributed by atoms with van der Waals surface area (Å²) < 4.78 is 0. The predicted molar refractivity (Wildman–Crippen MR) is 58.2 cm³/mol. The normalized spacial score (nSPS) is 11.7. The summed E-state index contributed by atoms with van der Waals surface area (Å²) in [4.78, 5) is 0. The van der Waals surface area contributed by atoms with E-state index < -0.39 is 0 Å². The Morgan fingerprint density at radius 1 is 1.36 bits per heavy atom. The molecule has 0 aromatic heterocycles. The summed E-state index contributed by atoms with van der Waals surface area (Å²) in [7, 11) is 0. The number of rotatable bonds is 4. The van der Waals surface area contributed by atoms with Gasteiger partial charge in [-0.3, -0.25) is 0 Å². The third kappa shape index (κ3) is 3.29. The van der Waals surface area contributed by atoms with Crippen LogP contribution in [0.2, 0.25) is 5.02 Å². The van der Waals surface area contributed by atoms with Crippen LogP contribution < -0.4 is 5.32 Å². The Balaban J connectivity index is 2.58. The fraction of sp³-hybridized carbons (Fsp3) is 0.455. The van der Waals surface area contributed by atoms with E-state index in [4.69, 9.17) is 16.7 Å². The van der Waals surface area contributed by atoms with Crippen LogP contribution >= 0.6 is 11.6 Å². The first-order valence-corrected chi connectivity index (χ1v) is 5.11. The molecule has 0 atom stereocenters. The maximum absolute atomic E-state index is 9.08. The van der Waals surface area contributed by atoms with Gasteiger partial charge in [0.1, 0.15) is 12.1 Å². The molecule has 3 heteroatoms. The quantitative estimate of drug-likeness (QED) is 0.776. The molecule has 78 valence electrons. The molecule has 0 saturated carbocycles. The van der Waals surface area contributed by atoms with E-state index in [2.05, 4.69) is 5.32 Å². The molecule has 0 aliphatic carbocycles. The van der Waals surface area contributed by atoms with E-state index >= 15 is 0 Å². The second-order valence-electron chi connectivity index (χ2n) is 4.15. The fourth-order valence-corrected chi connectivity index (χ4v) is 1.33. The molecule has 0 aliphatic rings. The number of halogens is 1. The number of aliphatic hydroxyl groups is 1. The molecule has 1 aromatic carbocycles. The van der Waals surface area contributed by atoms with Gasteiger partial charge in [-0.1, -0.05) is 29.8 Å². The molecule has 0 fully saturated rings. The summed E-state index contributed by atoms with van der Waals surface area (Å²) in [5.74, 6) is 0. The fourth-order valence-electron chi connectivity index (χ4n) is 1.11. The summed E-state index contributed by atoms with van der Waals surface area (Å²) in [6.07, 6.45) is 0. The van der Waals surface area contributed by atoms with Gasteiger partial charge in [-0.2, -0.15) is 0 Å². The first-order chi connectivity index (χ1) is 6.55. The van der Waals surface area contributed by atoms with Gasteiger partial charge in [0.25, 0.3) is 0 Å². The third-order valence-electron chi connectivity index (χ3n) is 2.24. The first kappa shape index (κ1) is 11.5. The van der Waals surface area contributed by atoms with Gasteiger partial charge >= 0.3 is 0 Å². The maximum Gasteiger partial charge on any atom is 0.114 e. The van der Waals surface area contributed by atoms with Crippen molar-refractivity contribution in [1.82, 2.24) is 0 Å². The Kier molecular flexibility index (Phi) is 3.93. The molecular formula is C11H17ClNO+. The minimum atomic E-state index is -0.140. The van der Waals surface area contributed by atoms with E-state index in [0.717, 1.165) is 17.1 Å². The summed E-state index contributed by atoms with van der Waals surface area (Å²) in [6, 6.07) is 7.78. The smallest absolute Gasteiger partial charge is 0.114 e. The Morgan fingerprint density at radius 3 is 2.57 bits per heavy atom. The third-order valence-corrected chi connectivity index (χ3v) is 2.61. The topological polar surface area (TPSA) is 36.8 Å². The molecule has 0 heterocycles. The Morgan fingerprint density at radius 2 is 2.00 bits per heavy atom. The average molecular weight is 215 g/mol. The van der Waals surface area contributed by atoms with Crippen LogP contribution in [0.1, 0.15) is 19.4 Å². The van der Waals surface area contributed by atoms with Crippen molar-refractivity contribution in [3.63, 3.8) is 0 Å². The lowest BCUT2D eigenvalue weighted by atomic mass is 10.1. The molecule has 0 radical (unpaired) electrons. The van der Waals surface area contributed by atoms with Crippen molar-refractivity contribution in [2.45, 2.75) is 25.9 Å². The van der Waals surface area contributed by atoms with E-state index in [0.29, 0.717) is 0 Å². The van der Waals surface area contributed by atoms with Crippen LogP contribution in [-0.2, 0) is 6.54 Å². The van der Waals surface area contributed by atoms with Crippen molar-refractivity contribution < 1.29 is 10.4 Å². The molecular weight excluding hydrogens is 198 g/mol. The highest BCUT2D eigenvalue weighted by molar-refractivity contribution is 6.31. The van der Waals surface area contributed by atoms with Crippen LogP contribution in [0.4, 0.5) is 0 Å². The minimum absolute atomic E-state index is 0.140. The van der Waals surface area contributed by atoms with Gasteiger partial charge in [-0.15, -0.1) is 0 Å². The molecule has 0 saturated heterocycles. The maximum atomic E-state index is 9.08. The van der Waals surface area contributed by atoms with E-state index in [9.17, 15) is 0 Å². The minimum Gasteiger partial charge on any atom is -0.390 e.